The third kappa shape index (κ3) is 3.72. The van der Waals surface area contributed by atoms with Crippen LogP contribution in [-0.4, -0.2) is 23.4 Å². The number of carbonyl (C=O) groups excluding carboxylic acids is 2. The van der Waals surface area contributed by atoms with Crippen LogP contribution in [0.4, 0.5) is 5.69 Å². The van der Waals surface area contributed by atoms with Crippen LogP contribution in [0.25, 0.3) is 11.0 Å². The molecule has 0 saturated carbocycles. The van der Waals surface area contributed by atoms with Gasteiger partial charge in [-0.3, -0.25) is 14.5 Å². The first-order chi connectivity index (χ1) is 16.5. The van der Waals surface area contributed by atoms with Gasteiger partial charge in [0.25, 0.3) is 5.91 Å². The van der Waals surface area contributed by atoms with Crippen LogP contribution in [0.5, 0.6) is 5.75 Å². The van der Waals surface area contributed by atoms with Gasteiger partial charge < -0.3 is 14.3 Å². The molecule has 1 unspecified atom stereocenters. The molecule has 170 valence electrons. The number of fused-ring (bicyclic) bond motifs is 1. The van der Waals surface area contributed by atoms with Crippen molar-refractivity contribution in [2.75, 3.05) is 11.5 Å². The first-order valence-corrected chi connectivity index (χ1v) is 11.1. The SMILES string of the molecule is CCOc1ccc(N2C(=O)C(O)=C(C(=O)c3cc4cc(Cl)ccc4o3)C2c2ccccc2)cc1. The molecular weight excluding hydrogens is 454 g/mol. The first-order valence-electron chi connectivity index (χ1n) is 10.8. The summed E-state index contributed by atoms with van der Waals surface area (Å²) in [4.78, 5) is 28.3. The van der Waals surface area contributed by atoms with Crippen LogP contribution in [0, 0.1) is 0 Å². The molecule has 0 aliphatic carbocycles. The van der Waals surface area contributed by atoms with E-state index in [0.717, 1.165) is 0 Å². The summed E-state index contributed by atoms with van der Waals surface area (Å²) in [7, 11) is 0. The number of ether oxygens (including phenoxy) is 1. The van der Waals surface area contributed by atoms with Crippen LogP contribution < -0.4 is 9.64 Å². The summed E-state index contributed by atoms with van der Waals surface area (Å²) >= 11 is 6.06. The van der Waals surface area contributed by atoms with Crippen LogP contribution in [0.1, 0.15) is 29.1 Å². The second-order valence-electron chi connectivity index (χ2n) is 7.80. The molecule has 1 aliphatic rings. The number of Topliss-reactive ketones (excluding diaryl/α,β-unsaturated/α-hetero) is 1. The van der Waals surface area contributed by atoms with Crippen molar-refractivity contribution in [3.63, 3.8) is 0 Å². The van der Waals surface area contributed by atoms with Crippen molar-refractivity contribution in [3.8, 4) is 5.75 Å². The maximum Gasteiger partial charge on any atom is 0.294 e. The molecule has 1 atom stereocenters. The molecule has 5 rings (SSSR count). The lowest BCUT2D eigenvalue weighted by atomic mass is 9.95. The monoisotopic (exact) mass is 473 g/mol. The van der Waals surface area contributed by atoms with E-state index in [2.05, 4.69) is 0 Å². The molecule has 0 saturated heterocycles. The predicted molar refractivity (Wildman–Crippen MR) is 129 cm³/mol. The summed E-state index contributed by atoms with van der Waals surface area (Å²) < 4.78 is 11.2. The molecule has 1 aromatic heterocycles. The standard InChI is InChI=1S/C27H20ClNO5/c1-2-33-20-11-9-19(10-12-20)29-24(16-6-4-3-5-7-16)23(26(31)27(29)32)25(30)22-15-17-14-18(28)8-13-21(17)34-22/h3-15,24,31H,2H2,1H3. The molecule has 0 radical (unpaired) electrons. The van der Waals surface area contributed by atoms with Crippen LogP contribution >= 0.6 is 11.6 Å². The van der Waals surface area contributed by atoms with Crippen LogP contribution in [0.2, 0.25) is 5.02 Å². The third-order valence-corrected chi connectivity index (χ3v) is 5.93. The van der Waals surface area contributed by atoms with E-state index in [1.165, 1.54) is 4.90 Å². The topological polar surface area (TPSA) is 80.0 Å². The van der Waals surface area contributed by atoms with Crippen molar-refractivity contribution in [2.24, 2.45) is 0 Å². The number of anilines is 1. The number of furan rings is 1. The molecule has 3 aromatic carbocycles. The molecular formula is C27H20ClNO5. The summed E-state index contributed by atoms with van der Waals surface area (Å²) in [6.07, 6.45) is 0. The van der Waals surface area contributed by atoms with E-state index < -0.39 is 23.5 Å². The summed E-state index contributed by atoms with van der Waals surface area (Å²) in [5, 5.41) is 12.1. The number of aliphatic hydroxyl groups is 1. The van der Waals surface area contributed by atoms with Gasteiger partial charge in [0.2, 0.25) is 5.78 Å². The maximum absolute atomic E-state index is 13.6. The van der Waals surface area contributed by atoms with Crippen LogP contribution in [0.15, 0.2) is 94.6 Å². The van der Waals surface area contributed by atoms with Gasteiger partial charge in [0, 0.05) is 16.1 Å². The Hall–Kier alpha value is -4.03. The lowest BCUT2D eigenvalue weighted by Gasteiger charge is -2.27. The molecule has 2 heterocycles. The highest BCUT2D eigenvalue weighted by Crippen LogP contribution is 2.42. The second kappa shape index (κ2) is 8.72. The zero-order chi connectivity index (χ0) is 23.8. The fraction of sp³-hybridized carbons (Fsp3) is 0.111. The van der Waals surface area contributed by atoms with Gasteiger partial charge in [-0.05, 0) is 61.0 Å². The second-order valence-corrected chi connectivity index (χ2v) is 8.24. The molecule has 0 bridgehead atoms. The number of aliphatic hydroxyl groups excluding tert-OH is 1. The zero-order valence-electron chi connectivity index (χ0n) is 18.2. The van der Waals surface area contributed by atoms with Gasteiger partial charge in [0.1, 0.15) is 11.3 Å². The number of benzene rings is 3. The van der Waals surface area contributed by atoms with Gasteiger partial charge >= 0.3 is 0 Å². The summed E-state index contributed by atoms with van der Waals surface area (Å²) in [5.41, 5.74) is 1.64. The van der Waals surface area contributed by atoms with Crippen molar-refractivity contribution in [2.45, 2.75) is 13.0 Å². The molecule has 34 heavy (non-hydrogen) atoms. The third-order valence-electron chi connectivity index (χ3n) is 5.70. The number of ketones is 1. The number of halogens is 1. The van der Waals surface area contributed by atoms with Gasteiger partial charge in [-0.2, -0.15) is 0 Å². The fourth-order valence-corrected chi connectivity index (χ4v) is 4.36. The Bertz CT molecular complexity index is 1420. The largest absolute Gasteiger partial charge is 0.503 e. The average molecular weight is 474 g/mol. The molecule has 0 spiro atoms. The van der Waals surface area contributed by atoms with E-state index >= 15 is 0 Å². The van der Waals surface area contributed by atoms with E-state index in [0.29, 0.717) is 39.6 Å². The smallest absolute Gasteiger partial charge is 0.294 e. The van der Waals surface area contributed by atoms with Crippen molar-refractivity contribution < 1.29 is 23.8 Å². The highest BCUT2D eigenvalue weighted by Gasteiger charge is 2.45. The number of hydrogen-bond acceptors (Lipinski definition) is 5. The Labute approximate surface area is 200 Å². The molecule has 7 heteroatoms. The number of nitrogens with zero attached hydrogens (tertiary/aromatic N) is 1. The van der Waals surface area contributed by atoms with Gasteiger partial charge in [-0.15, -0.1) is 0 Å². The van der Waals surface area contributed by atoms with Gasteiger partial charge in [-0.1, -0.05) is 41.9 Å². The summed E-state index contributed by atoms with van der Waals surface area (Å²) in [6.45, 7) is 2.40. The van der Waals surface area contributed by atoms with Crippen molar-refractivity contribution in [1.82, 2.24) is 0 Å². The molecule has 1 amide bonds. The number of amides is 1. The lowest BCUT2D eigenvalue weighted by Crippen LogP contribution is -2.31. The van der Waals surface area contributed by atoms with E-state index in [-0.39, 0.29) is 11.3 Å². The Morgan fingerprint density at radius 1 is 1.06 bits per heavy atom. The van der Waals surface area contributed by atoms with E-state index in [9.17, 15) is 14.7 Å². The Morgan fingerprint density at radius 3 is 2.50 bits per heavy atom. The molecule has 4 aromatic rings. The maximum atomic E-state index is 13.6. The quantitative estimate of drug-likeness (QED) is 0.334. The minimum atomic E-state index is -0.837. The molecule has 1 N–H and O–H groups in total. The van der Waals surface area contributed by atoms with Crippen molar-refractivity contribution in [3.05, 3.63) is 107 Å². The normalized spacial score (nSPS) is 15.9. The highest BCUT2D eigenvalue weighted by molar-refractivity contribution is 6.31. The van der Waals surface area contributed by atoms with Gasteiger partial charge in [-0.25, -0.2) is 0 Å². The number of hydrogen-bond donors (Lipinski definition) is 1. The van der Waals surface area contributed by atoms with Crippen LogP contribution in [-0.2, 0) is 4.79 Å². The first kappa shape index (κ1) is 21.8. The molecule has 0 fully saturated rings. The lowest BCUT2D eigenvalue weighted by molar-refractivity contribution is -0.117. The fourth-order valence-electron chi connectivity index (χ4n) is 4.18. The van der Waals surface area contributed by atoms with E-state index in [1.807, 2.05) is 37.3 Å². The Morgan fingerprint density at radius 2 is 1.79 bits per heavy atom. The van der Waals surface area contributed by atoms with Gasteiger partial charge in [0.15, 0.2) is 11.5 Å². The Balaban J connectivity index is 1.61. The van der Waals surface area contributed by atoms with Crippen molar-refractivity contribution in [1.29, 1.82) is 0 Å². The minimum absolute atomic E-state index is 0.0149. The molecule has 1 aliphatic heterocycles. The highest BCUT2D eigenvalue weighted by atomic mass is 35.5. The summed E-state index contributed by atoms with van der Waals surface area (Å²) in [6, 6.07) is 21.8. The number of carbonyl (C=O) groups is 2. The number of rotatable bonds is 6. The summed E-state index contributed by atoms with van der Waals surface area (Å²) in [5.74, 6) is -1.17. The molecule has 6 nitrogen and oxygen atoms in total. The van der Waals surface area contributed by atoms with Crippen molar-refractivity contribution >= 4 is 39.9 Å². The Kier molecular flexibility index (Phi) is 5.59. The van der Waals surface area contributed by atoms with Crippen LogP contribution in [0.3, 0.4) is 0 Å². The van der Waals surface area contributed by atoms with E-state index in [4.69, 9.17) is 20.8 Å². The average Bonchev–Trinajstić information content (AvgIpc) is 3.38. The van der Waals surface area contributed by atoms with E-state index in [1.54, 1.807) is 48.5 Å². The minimum Gasteiger partial charge on any atom is -0.503 e. The zero-order valence-corrected chi connectivity index (χ0v) is 19.0. The van der Waals surface area contributed by atoms with Gasteiger partial charge in [0.05, 0.1) is 18.2 Å². The predicted octanol–water partition coefficient (Wildman–Crippen LogP) is 6.27.